The fourth-order valence-electron chi connectivity index (χ4n) is 1.42. The number of ether oxygens (including phenoxy) is 1. The van der Waals surface area contributed by atoms with Crippen LogP contribution in [0.25, 0.3) is 0 Å². The second-order valence-electron chi connectivity index (χ2n) is 3.58. The summed E-state index contributed by atoms with van der Waals surface area (Å²) in [6.45, 7) is 2.01. The highest BCUT2D eigenvalue weighted by Crippen LogP contribution is 2.15. The van der Waals surface area contributed by atoms with Crippen LogP contribution in [0, 0.1) is 0 Å². The van der Waals surface area contributed by atoms with Crippen molar-refractivity contribution >= 4 is 23.6 Å². The molecule has 2 N–H and O–H groups in total. The fourth-order valence-corrected chi connectivity index (χ4v) is 1.94. The van der Waals surface area contributed by atoms with Gasteiger partial charge in [-0.25, -0.2) is 5.10 Å². The van der Waals surface area contributed by atoms with Crippen LogP contribution in [0.1, 0.15) is 17.3 Å². The smallest absolute Gasteiger partial charge is 0.258 e. The first-order valence-electron chi connectivity index (χ1n) is 5.73. The summed E-state index contributed by atoms with van der Waals surface area (Å²) in [5.41, 5.74) is 0.530. The van der Waals surface area contributed by atoms with Gasteiger partial charge in [0.05, 0.1) is 7.11 Å². The van der Waals surface area contributed by atoms with Crippen LogP contribution >= 0.6 is 11.8 Å². The van der Waals surface area contributed by atoms with Gasteiger partial charge in [-0.2, -0.15) is 4.98 Å². The van der Waals surface area contributed by atoms with Crippen LogP contribution < -0.4 is 10.1 Å². The van der Waals surface area contributed by atoms with Gasteiger partial charge in [-0.05, 0) is 30.0 Å². The first-order valence-corrected chi connectivity index (χ1v) is 6.72. The molecule has 2 aromatic rings. The predicted molar refractivity (Wildman–Crippen MR) is 73.7 cm³/mol. The van der Waals surface area contributed by atoms with E-state index in [1.165, 1.54) is 11.8 Å². The molecule has 0 bridgehead atoms. The number of hydrogen-bond acceptors (Lipinski definition) is 5. The number of rotatable bonds is 5. The van der Waals surface area contributed by atoms with E-state index in [-0.39, 0.29) is 5.91 Å². The normalized spacial score (nSPS) is 10.2. The van der Waals surface area contributed by atoms with Gasteiger partial charge < -0.3 is 4.74 Å². The lowest BCUT2D eigenvalue weighted by Crippen LogP contribution is -2.12. The first-order chi connectivity index (χ1) is 9.22. The quantitative estimate of drug-likeness (QED) is 0.819. The molecule has 1 aromatic heterocycles. The van der Waals surface area contributed by atoms with E-state index in [1.54, 1.807) is 31.4 Å². The molecule has 0 saturated carbocycles. The number of carbonyl (C=O) groups excluding carboxylic acids is 1. The zero-order valence-corrected chi connectivity index (χ0v) is 11.5. The molecule has 100 valence electrons. The van der Waals surface area contributed by atoms with Crippen molar-refractivity contribution in [1.29, 1.82) is 0 Å². The van der Waals surface area contributed by atoms with Gasteiger partial charge in [0.25, 0.3) is 5.91 Å². The highest BCUT2D eigenvalue weighted by molar-refractivity contribution is 7.99. The lowest BCUT2D eigenvalue weighted by atomic mass is 10.2. The minimum absolute atomic E-state index is 0.244. The average Bonchev–Trinajstić information content (AvgIpc) is 2.86. The van der Waals surface area contributed by atoms with Gasteiger partial charge in [-0.3, -0.25) is 10.1 Å². The van der Waals surface area contributed by atoms with Crippen molar-refractivity contribution in [1.82, 2.24) is 15.2 Å². The third-order valence-electron chi connectivity index (χ3n) is 2.32. The molecular weight excluding hydrogens is 264 g/mol. The molecule has 6 nitrogen and oxygen atoms in total. The van der Waals surface area contributed by atoms with E-state index in [4.69, 9.17) is 4.74 Å². The highest BCUT2D eigenvalue weighted by atomic mass is 32.2. The van der Waals surface area contributed by atoms with E-state index in [0.717, 1.165) is 5.75 Å². The highest BCUT2D eigenvalue weighted by Gasteiger charge is 2.09. The first kappa shape index (κ1) is 13.4. The Kier molecular flexibility index (Phi) is 4.40. The number of carbonyl (C=O) groups is 1. The third kappa shape index (κ3) is 3.47. The zero-order valence-electron chi connectivity index (χ0n) is 10.6. The maximum absolute atomic E-state index is 11.9. The number of nitrogens with one attached hydrogen (secondary N) is 2. The number of aromatic nitrogens is 3. The van der Waals surface area contributed by atoms with Gasteiger partial charge in [-0.15, -0.1) is 5.10 Å². The number of methoxy groups -OCH3 is 1. The summed E-state index contributed by atoms with van der Waals surface area (Å²) in [4.78, 5) is 16.1. The Hall–Kier alpha value is -2.02. The molecule has 0 aliphatic carbocycles. The van der Waals surface area contributed by atoms with Crippen molar-refractivity contribution in [3.63, 3.8) is 0 Å². The number of nitrogens with zero attached hydrogens (tertiary/aromatic N) is 2. The largest absolute Gasteiger partial charge is 0.497 e. The minimum atomic E-state index is -0.244. The molecule has 1 aromatic carbocycles. The van der Waals surface area contributed by atoms with Gasteiger partial charge >= 0.3 is 0 Å². The van der Waals surface area contributed by atoms with Crippen LogP contribution in [0.15, 0.2) is 29.4 Å². The van der Waals surface area contributed by atoms with E-state index in [2.05, 4.69) is 20.5 Å². The monoisotopic (exact) mass is 278 g/mol. The molecule has 1 heterocycles. The number of anilines is 1. The van der Waals surface area contributed by atoms with E-state index in [9.17, 15) is 4.79 Å². The minimum Gasteiger partial charge on any atom is -0.497 e. The molecule has 0 spiro atoms. The number of amides is 1. The van der Waals surface area contributed by atoms with Crippen LogP contribution in [0.2, 0.25) is 0 Å². The second-order valence-corrected chi connectivity index (χ2v) is 4.81. The average molecular weight is 278 g/mol. The maximum Gasteiger partial charge on any atom is 0.258 e. The Morgan fingerprint density at radius 3 is 2.79 bits per heavy atom. The van der Waals surface area contributed by atoms with Crippen LogP contribution in [0.5, 0.6) is 5.75 Å². The van der Waals surface area contributed by atoms with Gasteiger partial charge in [0, 0.05) is 5.56 Å². The number of hydrogen-bond donors (Lipinski definition) is 2. The van der Waals surface area contributed by atoms with E-state index in [0.29, 0.717) is 22.4 Å². The topological polar surface area (TPSA) is 79.9 Å². The molecule has 0 fully saturated rings. The lowest BCUT2D eigenvalue weighted by molar-refractivity contribution is 0.102. The van der Waals surface area contributed by atoms with Gasteiger partial charge in [-0.1, -0.05) is 18.7 Å². The van der Waals surface area contributed by atoms with Crippen LogP contribution in [-0.2, 0) is 0 Å². The molecule has 19 heavy (non-hydrogen) atoms. The summed E-state index contributed by atoms with van der Waals surface area (Å²) in [6, 6.07) is 6.83. The van der Waals surface area contributed by atoms with Crippen molar-refractivity contribution in [3.05, 3.63) is 29.8 Å². The Balaban J connectivity index is 2.02. The molecule has 2 rings (SSSR count). The van der Waals surface area contributed by atoms with Crippen molar-refractivity contribution < 1.29 is 9.53 Å². The molecular formula is C12H14N4O2S. The molecule has 0 atom stereocenters. The Bertz CT molecular complexity index is 553. The van der Waals surface area contributed by atoms with Crippen molar-refractivity contribution in [2.24, 2.45) is 0 Å². The molecule has 1 amide bonds. The van der Waals surface area contributed by atoms with E-state index in [1.807, 2.05) is 6.92 Å². The number of aromatic amines is 1. The molecule has 0 aliphatic heterocycles. The zero-order chi connectivity index (χ0) is 13.7. The standard InChI is InChI=1S/C12H14N4O2S/c1-3-19-12-14-11(15-16-12)13-10(17)8-4-6-9(18-2)7-5-8/h4-7H,3H2,1-2H3,(H2,13,14,15,16,17). The van der Waals surface area contributed by atoms with E-state index < -0.39 is 0 Å². The number of thioether (sulfide) groups is 1. The van der Waals surface area contributed by atoms with Crippen molar-refractivity contribution in [3.8, 4) is 5.75 Å². The Labute approximate surface area is 115 Å². The Morgan fingerprint density at radius 1 is 1.42 bits per heavy atom. The summed E-state index contributed by atoms with van der Waals surface area (Å²) in [5.74, 6) is 1.69. The Morgan fingerprint density at radius 2 is 2.16 bits per heavy atom. The predicted octanol–water partition coefficient (Wildman–Crippen LogP) is 2.18. The second kappa shape index (κ2) is 6.24. The summed E-state index contributed by atoms with van der Waals surface area (Å²) in [7, 11) is 1.58. The van der Waals surface area contributed by atoms with Gasteiger partial charge in [0.15, 0.2) is 0 Å². The summed E-state index contributed by atoms with van der Waals surface area (Å²) in [6.07, 6.45) is 0. The van der Waals surface area contributed by atoms with Crippen molar-refractivity contribution in [2.45, 2.75) is 12.1 Å². The van der Waals surface area contributed by atoms with Crippen molar-refractivity contribution in [2.75, 3.05) is 18.2 Å². The summed E-state index contributed by atoms with van der Waals surface area (Å²) < 4.78 is 5.03. The van der Waals surface area contributed by atoms with Crippen LogP contribution in [0.3, 0.4) is 0 Å². The number of H-pyrrole nitrogens is 1. The van der Waals surface area contributed by atoms with Gasteiger partial charge in [0.2, 0.25) is 11.1 Å². The van der Waals surface area contributed by atoms with Crippen LogP contribution in [0.4, 0.5) is 5.95 Å². The molecule has 0 aliphatic rings. The lowest BCUT2D eigenvalue weighted by Gasteiger charge is -2.03. The van der Waals surface area contributed by atoms with E-state index >= 15 is 0 Å². The summed E-state index contributed by atoms with van der Waals surface area (Å²) >= 11 is 1.50. The molecule has 0 radical (unpaired) electrons. The molecule has 0 unspecified atom stereocenters. The third-order valence-corrected chi connectivity index (χ3v) is 3.05. The van der Waals surface area contributed by atoms with Gasteiger partial charge in [0.1, 0.15) is 5.75 Å². The number of benzene rings is 1. The molecule has 0 saturated heterocycles. The van der Waals surface area contributed by atoms with Crippen LogP contribution in [-0.4, -0.2) is 34.0 Å². The maximum atomic E-state index is 11.9. The summed E-state index contributed by atoms with van der Waals surface area (Å²) in [5, 5.41) is 9.92. The fraction of sp³-hybridized carbons (Fsp3) is 0.250. The molecule has 7 heteroatoms. The SMILES string of the molecule is CCSc1n[nH]c(NC(=O)c2ccc(OC)cc2)n1.